The number of benzene rings is 2. The molecule has 1 amide bonds. The number of hydrogen-bond acceptors (Lipinski definition) is 4. The topological polar surface area (TPSA) is 42.4 Å². The molecule has 0 saturated heterocycles. The third kappa shape index (κ3) is 4.95. The first kappa shape index (κ1) is 19.1. The SMILES string of the molecule is CCOc1ccc(-c2nc(CC(=O)N(C)Cc3ccccc3C)cs2)cc1. The van der Waals surface area contributed by atoms with Gasteiger partial charge >= 0.3 is 0 Å². The molecule has 0 N–H and O–H groups in total. The molecule has 0 fully saturated rings. The molecule has 3 rings (SSSR count). The molecule has 2 aromatic carbocycles. The molecule has 0 aliphatic rings. The Morgan fingerprint density at radius 3 is 2.59 bits per heavy atom. The van der Waals surface area contributed by atoms with Crippen molar-refractivity contribution >= 4 is 17.2 Å². The number of ether oxygens (including phenoxy) is 1. The van der Waals surface area contributed by atoms with E-state index in [9.17, 15) is 4.79 Å². The van der Waals surface area contributed by atoms with Crippen molar-refractivity contribution in [3.63, 3.8) is 0 Å². The van der Waals surface area contributed by atoms with Crippen LogP contribution in [0.15, 0.2) is 53.9 Å². The molecule has 0 unspecified atom stereocenters. The van der Waals surface area contributed by atoms with Crippen LogP contribution in [0.5, 0.6) is 5.75 Å². The smallest absolute Gasteiger partial charge is 0.228 e. The number of aromatic nitrogens is 1. The molecule has 5 heteroatoms. The van der Waals surface area contributed by atoms with Crippen molar-refractivity contribution in [1.29, 1.82) is 0 Å². The molecule has 0 bridgehead atoms. The number of rotatable bonds is 7. The Kier molecular flexibility index (Phi) is 6.24. The number of amides is 1. The van der Waals surface area contributed by atoms with E-state index in [0.29, 0.717) is 19.6 Å². The summed E-state index contributed by atoms with van der Waals surface area (Å²) < 4.78 is 5.47. The molecule has 0 atom stereocenters. The number of hydrogen-bond donors (Lipinski definition) is 0. The Hall–Kier alpha value is -2.66. The van der Waals surface area contributed by atoms with E-state index in [1.165, 1.54) is 11.1 Å². The number of likely N-dealkylation sites (N-methyl/N-ethyl adjacent to an activating group) is 1. The van der Waals surface area contributed by atoms with Crippen molar-refractivity contribution in [1.82, 2.24) is 9.88 Å². The van der Waals surface area contributed by atoms with Crippen molar-refractivity contribution in [2.24, 2.45) is 0 Å². The van der Waals surface area contributed by atoms with E-state index in [1.54, 1.807) is 16.2 Å². The minimum atomic E-state index is 0.0711. The van der Waals surface area contributed by atoms with Gasteiger partial charge in [0.2, 0.25) is 5.91 Å². The minimum absolute atomic E-state index is 0.0711. The van der Waals surface area contributed by atoms with Crippen molar-refractivity contribution in [3.05, 3.63) is 70.7 Å². The first-order valence-corrected chi connectivity index (χ1v) is 9.91. The second-order valence-electron chi connectivity index (χ2n) is 6.45. The lowest BCUT2D eigenvalue weighted by molar-refractivity contribution is -0.129. The maximum atomic E-state index is 12.6. The normalized spacial score (nSPS) is 10.6. The van der Waals surface area contributed by atoms with Gasteiger partial charge in [-0.15, -0.1) is 11.3 Å². The van der Waals surface area contributed by atoms with Crippen LogP contribution < -0.4 is 4.74 Å². The van der Waals surface area contributed by atoms with Gasteiger partial charge < -0.3 is 9.64 Å². The zero-order valence-electron chi connectivity index (χ0n) is 15.9. The second-order valence-corrected chi connectivity index (χ2v) is 7.31. The van der Waals surface area contributed by atoms with Crippen LogP contribution in [0.25, 0.3) is 10.6 Å². The Morgan fingerprint density at radius 1 is 1.15 bits per heavy atom. The van der Waals surface area contributed by atoms with E-state index in [1.807, 2.05) is 55.7 Å². The van der Waals surface area contributed by atoms with E-state index in [2.05, 4.69) is 24.0 Å². The predicted molar refractivity (Wildman–Crippen MR) is 110 cm³/mol. The van der Waals surface area contributed by atoms with Gasteiger partial charge in [0.05, 0.1) is 18.7 Å². The lowest BCUT2D eigenvalue weighted by Crippen LogP contribution is -2.28. The Balaban J connectivity index is 1.62. The Morgan fingerprint density at radius 2 is 1.89 bits per heavy atom. The average molecular weight is 381 g/mol. The first-order valence-electron chi connectivity index (χ1n) is 9.03. The van der Waals surface area contributed by atoms with Gasteiger partial charge in [-0.25, -0.2) is 4.98 Å². The van der Waals surface area contributed by atoms with E-state index in [4.69, 9.17) is 4.74 Å². The van der Waals surface area contributed by atoms with Gasteiger partial charge in [-0.05, 0) is 49.2 Å². The number of carbonyl (C=O) groups excluding carboxylic acids is 1. The summed E-state index contributed by atoms with van der Waals surface area (Å²) in [5.41, 5.74) is 4.21. The highest BCUT2D eigenvalue weighted by atomic mass is 32.1. The summed E-state index contributed by atoms with van der Waals surface area (Å²) in [4.78, 5) is 19.0. The van der Waals surface area contributed by atoms with E-state index in [-0.39, 0.29) is 5.91 Å². The fourth-order valence-corrected chi connectivity index (χ4v) is 3.63. The van der Waals surface area contributed by atoms with Gasteiger partial charge in [-0.1, -0.05) is 24.3 Å². The van der Waals surface area contributed by atoms with Crippen LogP contribution >= 0.6 is 11.3 Å². The second kappa shape index (κ2) is 8.82. The molecule has 3 aromatic rings. The molecule has 0 aliphatic carbocycles. The molecule has 1 aromatic heterocycles. The molecule has 0 aliphatic heterocycles. The first-order chi connectivity index (χ1) is 13.1. The molecule has 1 heterocycles. The summed E-state index contributed by atoms with van der Waals surface area (Å²) in [6.45, 7) is 5.30. The van der Waals surface area contributed by atoms with Crippen molar-refractivity contribution in [3.8, 4) is 16.3 Å². The van der Waals surface area contributed by atoms with Gasteiger partial charge in [-0.2, -0.15) is 0 Å². The van der Waals surface area contributed by atoms with E-state index >= 15 is 0 Å². The van der Waals surface area contributed by atoms with Crippen LogP contribution in [0.4, 0.5) is 0 Å². The average Bonchev–Trinajstić information content (AvgIpc) is 3.13. The molecular weight excluding hydrogens is 356 g/mol. The summed E-state index contributed by atoms with van der Waals surface area (Å²) in [6, 6.07) is 16.0. The van der Waals surface area contributed by atoms with Crippen LogP contribution in [0.1, 0.15) is 23.7 Å². The lowest BCUT2D eigenvalue weighted by Gasteiger charge is -2.18. The minimum Gasteiger partial charge on any atom is -0.494 e. The van der Waals surface area contributed by atoms with E-state index in [0.717, 1.165) is 22.0 Å². The summed E-state index contributed by atoms with van der Waals surface area (Å²) in [6.07, 6.45) is 0.315. The number of carbonyl (C=O) groups is 1. The molecule has 140 valence electrons. The molecular formula is C22H24N2O2S. The van der Waals surface area contributed by atoms with Crippen LogP contribution in [0.3, 0.4) is 0 Å². The van der Waals surface area contributed by atoms with Crippen molar-refractivity contribution in [2.75, 3.05) is 13.7 Å². The zero-order chi connectivity index (χ0) is 19.2. The van der Waals surface area contributed by atoms with Crippen LogP contribution in [-0.2, 0) is 17.8 Å². The third-order valence-electron chi connectivity index (χ3n) is 4.39. The van der Waals surface area contributed by atoms with Crippen LogP contribution in [0.2, 0.25) is 0 Å². The largest absolute Gasteiger partial charge is 0.494 e. The Labute approximate surface area is 164 Å². The molecule has 0 spiro atoms. The highest BCUT2D eigenvalue weighted by molar-refractivity contribution is 7.13. The third-order valence-corrected chi connectivity index (χ3v) is 5.33. The Bertz CT molecular complexity index is 903. The van der Waals surface area contributed by atoms with E-state index < -0.39 is 0 Å². The summed E-state index contributed by atoms with van der Waals surface area (Å²) >= 11 is 1.56. The molecule has 0 saturated carbocycles. The quantitative estimate of drug-likeness (QED) is 0.596. The maximum Gasteiger partial charge on any atom is 0.228 e. The predicted octanol–water partition coefficient (Wildman–Crippen LogP) is 4.72. The number of aryl methyl sites for hydroxylation is 1. The summed E-state index contributed by atoms with van der Waals surface area (Å²) in [7, 11) is 1.84. The molecule has 4 nitrogen and oxygen atoms in total. The van der Waals surface area contributed by atoms with Gasteiger partial charge in [0, 0.05) is 24.5 Å². The van der Waals surface area contributed by atoms with Crippen LogP contribution in [0, 0.1) is 6.92 Å². The zero-order valence-corrected chi connectivity index (χ0v) is 16.8. The summed E-state index contributed by atoms with van der Waals surface area (Å²) in [5, 5.41) is 2.88. The van der Waals surface area contributed by atoms with Crippen molar-refractivity contribution < 1.29 is 9.53 Å². The fourth-order valence-electron chi connectivity index (χ4n) is 2.80. The van der Waals surface area contributed by atoms with Crippen molar-refractivity contribution in [2.45, 2.75) is 26.8 Å². The number of nitrogens with zero attached hydrogens (tertiary/aromatic N) is 2. The monoisotopic (exact) mass is 380 g/mol. The van der Waals surface area contributed by atoms with Gasteiger partial charge in [-0.3, -0.25) is 4.79 Å². The lowest BCUT2D eigenvalue weighted by atomic mass is 10.1. The standard InChI is InChI=1S/C22H24N2O2S/c1-4-26-20-11-9-17(10-12-20)22-23-19(15-27-22)13-21(25)24(3)14-18-8-6-5-7-16(18)2/h5-12,15H,4,13-14H2,1-3H3. The van der Waals surface area contributed by atoms with Gasteiger partial charge in [0.25, 0.3) is 0 Å². The number of thiazole rings is 1. The maximum absolute atomic E-state index is 12.6. The summed E-state index contributed by atoms with van der Waals surface area (Å²) in [5.74, 6) is 0.924. The molecule has 0 radical (unpaired) electrons. The van der Waals surface area contributed by atoms with Gasteiger partial charge in [0.1, 0.15) is 10.8 Å². The molecule has 27 heavy (non-hydrogen) atoms. The highest BCUT2D eigenvalue weighted by Gasteiger charge is 2.14. The fraction of sp³-hybridized carbons (Fsp3) is 0.273. The van der Waals surface area contributed by atoms with Gasteiger partial charge in [0.15, 0.2) is 0 Å². The highest BCUT2D eigenvalue weighted by Crippen LogP contribution is 2.26. The van der Waals surface area contributed by atoms with Crippen LogP contribution in [-0.4, -0.2) is 29.4 Å².